The summed E-state index contributed by atoms with van der Waals surface area (Å²) < 4.78 is 32.8. The topological polar surface area (TPSA) is 101 Å². The number of hydrogen-bond acceptors (Lipinski definition) is 7. The average molecular weight is 446 g/mol. The van der Waals surface area contributed by atoms with Crippen LogP contribution in [-0.2, 0) is 10.0 Å². The molecule has 3 aromatic rings. The van der Waals surface area contributed by atoms with Crippen molar-refractivity contribution in [3.8, 4) is 10.6 Å². The second-order valence-electron chi connectivity index (χ2n) is 6.57. The molecule has 144 valence electrons. The molecule has 2 N–H and O–H groups in total. The van der Waals surface area contributed by atoms with Gasteiger partial charge < -0.3 is 4.42 Å². The number of thiophene rings is 1. The van der Waals surface area contributed by atoms with E-state index in [0.29, 0.717) is 15.2 Å². The maximum Gasteiger partial charge on any atom is 0.293 e. The Morgan fingerprint density at radius 3 is 2.59 bits per heavy atom. The molecular formula is C16H16ClN3O4S3. The number of amides is 1. The minimum atomic E-state index is -3.85. The van der Waals surface area contributed by atoms with Crippen LogP contribution in [0.2, 0.25) is 4.34 Å². The number of carbonyl (C=O) groups is 1. The first kappa shape index (κ1) is 20.0. The second-order valence-corrected chi connectivity index (χ2v) is 10.8. The molecule has 0 aliphatic carbocycles. The van der Waals surface area contributed by atoms with Gasteiger partial charge in [0.15, 0.2) is 10.9 Å². The Morgan fingerprint density at radius 1 is 1.22 bits per heavy atom. The highest BCUT2D eigenvalue weighted by atomic mass is 35.5. The number of furan rings is 1. The van der Waals surface area contributed by atoms with Crippen molar-refractivity contribution in [1.29, 1.82) is 0 Å². The van der Waals surface area contributed by atoms with Crippen LogP contribution in [0.5, 0.6) is 0 Å². The van der Waals surface area contributed by atoms with Crippen LogP contribution in [0.1, 0.15) is 31.3 Å². The normalized spacial score (nSPS) is 12.3. The van der Waals surface area contributed by atoms with Crippen LogP contribution in [0.15, 0.2) is 39.2 Å². The molecule has 3 rings (SSSR count). The highest BCUT2D eigenvalue weighted by molar-refractivity contribution is 7.89. The van der Waals surface area contributed by atoms with E-state index >= 15 is 0 Å². The summed E-state index contributed by atoms with van der Waals surface area (Å²) in [6, 6.07) is 6.17. The quantitative estimate of drug-likeness (QED) is 0.604. The third-order valence-corrected chi connectivity index (χ3v) is 6.70. The molecule has 1 amide bonds. The van der Waals surface area contributed by atoms with E-state index in [0.717, 1.165) is 4.88 Å². The Morgan fingerprint density at radius 2 is 1.96 bits per heavy atom. The van der Waals surface area contributed by atoms with Gasteiger partial charge in [0.05, 0.1) is 14.9 Å². The molecule has 0 aliphatic rings. The Kier molecular flexibility index (Phi) is 5.46. The van der Waals surface area contributed by atoms with E-state index in [2.05, 4.69) is 15.0 Å². The zero-order valence-electron chi connectivity index (χ0n) is 14.6. The first-order chi connectivity index (χ1) is 12.5. The fourth-order valence-electron chi connectivity index (χ4n) is 2.09. The Labute approximate surface area is 169 Å². The third kappa shape index (κ3) is 4.96. The van der Waals surface area contributed by atoms with Crippen LogP contribution < -0.4 is 10.0 Å². The lowest BCUT2D eigenvalue weighted by Gasteiger charge is -2.18. The lowest BCUT2D eigenvalue weighted by molar-refractivity contribution is 0.0991. The number of sulfonamides is 1. The molecule has 11 heteroatoms. The number of anilines is 1. The van der Waals surface area contributed by atoms with Gasteiger partial charge in [0.1, 0.15) is 0 Å². The summed E-state index contributed by atoms with van der Waals surface area (Å²) in [4.78, 5) is 17.5. The van der Waals surface area contributed by atoms with Crippen LogP contribution in [0, 0.1) is 0 Å². The van der Waals surface area contributed by atoms with Crippen LogP contribution in [0.4, 0.5) is 5.13 Å². The number of rotatable bonds is 5. The van der Waals surface area contributed by atoms with E-state index in [1.54, 1.807) is 32.2 Å². The Balaban J connectivity index is 1.73. The number of thiazole rings is 1. The molecule has 7 nitrogen and oxygen atoms in total. The molecular weight excluding hydrogens is 430 g/mol. The van der Waals surface area contributed by atoms with Gasteiger partial charge in [-0.05, 0) is 45.0 Å². The smallest absolute Gasteiger partial charge is 0.293 e. The van der Waals surface area contributed by atoms with Crippen LogP contribution in [0.25, 0.3) is 10.6 Å². The van der Waals surface area contributed by atoms with Gasteiger partial charge in [-0.2, -0.15) is 0 Å². The van der Waals surface area contributed by atoms with Crippen molar-refractivity contribution in [1.82, 2.24) is 9.71 Å². The summed E-state index contributed by atoms with van der Waals surface area (Å²) in [6.45, 7) is 5.13. The molecule has 0 saturated heterocycles. The molecule has 3 aromatic heterocycles. The van der Waals surface area contributed by atoms with Gasteiger partial charge in [-0.3, -0.25) is 10.1 Å². The van der Waals surface area contributed by atoms with E-state index in [1.807, 2.05) is 6.07 Å². The van der Waals surface area contributed by atoms with Crippen molar-refractivity contribution in [3.63, 3.8) is 0 Å². The minimum absolute atomic E-state index is 0.125. The van der Waals surface area contributed by atoms with Gasteiger partial charge in [-0.15, -0.1) is 22.7 Å². The molecule has 0 atom stereocenters. The summed E-state index contributed by atoms with van der Waals surface area (Å²) in [5.74, 6) is -0.711. The SMILES string of the molecule is CC(C)(C)NS(=O)(=O)c1ccc(C(=O)Nc2nc(-c3ccc(Cl)s3)cs2)o1. The molecule has 0 unspecified atom stereocenters. The predicted octanol–water partition coefficient (Wildman–Crippen LogP) is 4.45. The number of halogens is 1. The standard InChI is InChI=1S/C16H16ClN3O4S3/c1-16(2,3)20-27(22,23)13-7-4-10(24-13)14(21)19-15-18-9(8-25-15)11-5-6-12(17)26-11/h4-8,20H,1-3H3,(H,18,19,21). The number of aromatic nitrogens is 1. The fourth-order valence-corrected chi connectivity index (χ4v) is 5.23. The van der Waals surface area contributed by atoms with Crippen molar-refractivity contribution in [2.24, 2.45) is 0 Å². The molecule has 0 bridgehead atoms. The van der Waals surface area contributed by atoms with Crippen molar-refractivity contribution in [2.75, 3.05) is 5.32 Å². The lowest BCUT2D eigenvalue weighted by atomic mass is 10.1. The van der Waals surface area contributed by atoms with Gasteiger partial charge in [0.25, 0.3) is 15.9 Å². The van der Waals surface area contributed by atoms with E-state index in [1.165, 1.54) is 34.8 Å². The maximum atomic E-state index is 12.3. The van der Waals surface area contributed by atoms with Gasteiger partial charge in [0, 0.05) is 10.9 Å². The minimum Gasteiger partial charge on any atom is -0.438 e. The number of carbonyl (C=O) groups excluding carboxylic acids is 1. The molecule has 0 fully saturated rings. The van der Waals surface area contributed by atoms with Crippen molar-refractivity contribution >= 4 is 55.3 Å². The predicted molar refractivity (Wildman–Crippen MR) is 107 cm³/mol. The van der Waals surface area contributed by atoms with E-state index in [-0.39, 0.29) is 10.9 Å². The molecule has 0 saturated carbocycles. The van der Waals surface area contributed by atoms with Crippen LogP contribution in [0.3, 0.4) is 0 Å². The molecule has 0 spiro atoms. The Hall–Kier alpha value is -1.72. The monoisotopic (exact) mass is 445 g/mol. The average Bonchev–Trinajstić information content (AvgIpc) is 3.23. The Bertz CT molecular complexity index is 1080. The lowest BCUT2D eigenvalue weighted by Crippen LogP contribution is -2.40. The molecule has 0 aliphatic heterocycles. The largest absolute Gasteiger partial charge is 0.438 e. The molecule has 3 heterocycles. The van der Waals surface area contributed by atoms with Gasteiger partial charge in [0.2, 0.25) is 5.09 Å². The van der Waals surface area contributed by atoms with E-state index in [4.69, 9.17) is 16.0 Å². The van der Waals surface area contributed by atoms with Crippen LogP contribution in [-0.4, -0.2) is 24.8 Å². The third-order valence-electron chi connectivity index (χ3n) is 3.06. The summed E-state index contributed by atoms with van der Waals surface area (Å²) >= 11 is 8.55. The summed E-state index contributed by atoms with van der Waals surface area (Å²) in [5.41, 5.74) is 0.0278. The number of hydrogen-bond donors (Lipinski definition) is 2. The van der Waals surface area contributed by atoms with Gasteiger partial charge >= 0.3 is 0 Å². The zero-order chi connectivity index (χ0) is 19.8. The zero-order valence-corrected chi connectivity index (χ0v) is 17.8. The first-order valence-electron chi connectivity index (χ1n) is 7.70. The number of nitrogens with one attached hydrogen (secondary N) is 2. The number of nitrogens with zero attached hydrogens (tertiary/aromatic N) is 1. The van der Waals surface area contributed by atoms with Crippen molar-refractivity contribution in [2.45, 2.75) is 31.4 Å². The molecule has 0 aromatic carbocycles. The summed E-state index contributed by atoms with van der Waals surface area (Å²) in [7, 11) is -3.85. The van der Waals surface area contributed by atoms with Crippen LogP contribution >= 0.6 is 34.3 Å². The van der Waals surface area contributed by atoms with Crippen molar-refractivity contribution < 1.29 is 17.6 Å². The fraction of sp³-hybridized carbons (Fsp3) is 0.250. The second kappa shape index (κ2) is 7.36. The van der Waals surface area contributed by atoms with E-state index < -0.39 is 21.5 Å². The van der Waals surface area contributed by atoms with Gasteiger partial charge in [-0.1, -0.05) is 11.6 Å². The first-order valence-corrected chi connectivity index (χ1v) is 11.3. The highest BCUT2D eigenvalue weighted by Crippen LogP contribution is 2.33. The molecule has 0 radical (unpaired) electrons. The maximum absolute atomic E-state index is 12.3. The van der Waals surface area contributed by atoms with Crippen molar-refractivity contribution in [3.05, 3.63) is 39.7 Å². The summed E-state index contributed by atoms with van der Waals surface area (Å²) in [5, 5.41) is 4.44. The van der Waals surface area contributed by atoms with Gasteiger partial charge in [-0.25, -0.2) is 18.1 Å². The summed E-state index contributed by atoms with van der Waals surface area (Å²) in [6.07, 6.45) is 0. The highest BCUT2D eigenvalue weighted by Gasteiger charge is 2.26. The molecule has 27 heavy (non-hydrogen) atoms. The van der Waals surface area contributed by atoms with E-state index in [9.17, 15) is 13.2 Å².